The minimum atomic E-state index is -5.30. The van der Waals surface area contributed by atoms with Crippen LogP contribution in [-0.4, -0.2) is 60.8 Å². The molecule has 7 N–H and O–H groups in total. The van der Waals surface area contributed by atoms with Crippen LogP contribution in [0.1, 0.15) is 33.6 Å². The lowest BCUT2D eigenvalue weighted by Gasteiger charge is -2.28. The molecule has 0 saturated carbocycles. The molecule has 0 saturated heterocycles. The van der Waals surface area contributed by atoms with Crippen molar-refractivity contribution in [3.05, 3.63) is 0 Å². The third-order valence-corrected chi connectivity index (χ3v) is 6.87. The Labute approximate surface area is 125 Å². The molecule has 0 aromatic carbocycles. The molecule has 11 heteroatoms. The topological polar surface area (TPSA) is 165 Å². The highest BCUT2D eigenvalue weighted by Gasteiger charge is 2.58. The van der Waals surface area contributed by atoms with Gasteiger partial charge in [0.1, 0.15) is 0 Å². The van der Waals surface area contributed by atoms with Gasteiger partial charge in [-0.3, -0.25) is 9.13 Å². The molecule has 130 valence electrons. The van der Waals surface area contributed by atoms with Crippen LogP contribution in [0, 0.1) is 0 Å². The van der Waals surface area contributed by atoms with E-state index in [-0.39, 0.29) is 13.0 Å². The average molecular weight is 350 g/mol. The summed E-state index contributed by atoms with van der Waals surface area (Å²) in [5, 5.41) is 5.91. The first-order valence-electron chi connectivity index (χ1n) is 6.67. The van der Waals surface area contributed by atoms with Crippen LogP contribution in [0.3, 0.4) is 0 Å². The summed E-state index contributed by atoms with van der Waals surface area (Å²) in [6.07, 6.45) is -0.856. The standard InChI is InChI=1S/C6H15N.C4H13NO7P2/c1-4-7(5-2)6-3;5-3-1-2-4(6,13(7,8)9)14(10,11)12/h4-6H2,1-3H3;6H,1-3,5H2,(H2,7,8,9)(H2,10,11,12). The van der Waals surface area contributed by atoms with Crippen LogP contribution >= 0.6 is 15.2 Å². The summed E-state index contributed by atoms with van der Waals surface area (Å²) in [6.45, 7) is 10.1. The molecule has 0 rings (SSSR count). The van der Waals surface area contributed by atoms with Crippen molar-refractivity contribution in [2.45, 2.75) is 38.7 Å². The Morgan fingerprint density at radius 3 is 1.43 bits per heavy atom. The molecular formula is C10H28N2O7P2. The molecule has 0 radical (unpaired) electrons. The third kappa shape index (κ3) is 7.83. The molecule has 0 aliphatic carbocycles. The molecule has 0 spiro atoms. The quantitative estimate of drug-likeness (QED) is 0.332. The average Bonchev–Trinajstić information content (AvgIpc) is 2.36. The van der Waals surface area contributed by atoms with E-state index in [0.29, 0.717) is 0 Å². The van der Waals surface area contributed by atoms with E-state index in [1.54, 1.807) is 0 Å². The fraction of sp³-hybridized carbons (Fsp3) is 1.00. The SMILES string of the molecule is CCN(CC)CC.NCCCC(O)(P(=O)(O)O)P(=O)(O)O. The second-order valence-corrected chi connectivity index (χ2v) is 8.38. The van der Waals surface area contributed by atoms with Gasteiger partial charge in [0.05, 0.1) is 0 Å². The second-order valence-electron chi connectivity index (χ2n) is 4.37. The molecular weight excluding hydrogens is 322 g/mol. The summed E-state index contributed by atoms with van der Waals surface area (Å²) in [7, 11) is -10.6. The number of aliphatic hydroxyl groups is 1. The Morgan fingerprint density at radius 1 is 0.952 bits per heavy atom. The highest BCUT2D eigenvalue weighted by Crippen LogP contribution is 2.69. The van der Waals surface area contributed by atoms with Crippen molar-refractivity contribution in [2.75, 3.05) is 26.2 Å². The molecule has 0 atom stereocenters. The number of hydrogen-bond acceptors (Lipinski definition) is 5. The summed E-state index contributed by atoms with van der Waals surface area (Å²) < 4.78 is 21.4. The van der Waals surface area contributed by atoms with E-state index in [4.69, 9.17) is 25.3 Å². The highest BCUT2D eigenvalue weighted by atomic mass is 31.2. The Hall–Kier alpha value is 0.180. The number of nitrogens with two attached hydrogens (primary N) is 1. The smallest absolute Gasteiger partial charge is 0.368 e. The van der Waals surface area contributed by atoms with Crippen molar-refractivity contribution in [3.63, 3.8) is 0 Å². The lowest BCUT2D eigenvalue weighted by Crippen LogP contribution is -2.29. The van der Waals surface area contributed by atoms with Gasteiger partial charge in [-0.15, -0.1) is 0 Å². The van der Waals surface area contributed by atoms with Gasteiger partial charge in [-0.25, -0.2) is 0 Å². The van der Waals surface area contributed by atoms with Crippen molar-refractivity contribution >= 4 is 15.2 Å². The molecule has 0 aromatic heterocycles. The zero-order valence-corrected chi connectivity index (χ0v) is 14.5. The maximum absolute atomic E-state index is 10.7. The van der Waals surface area contributed by atoms with Gasteiger partial charge in [-0.1, -0.05) is 20.8 Å². The van der Waals surface area contributed by atoms with Crippen LogP contribution in [-0.2, 0) is 9.13 Å². The van der Waals surface area contributed by atoms with E-state index in [1.807, 2.05) is 0 Å². The number of hydrogen-bond donors (Lipinski definition) is 6. The van der Waals surface area contributed by atoms with Crippen molar-refractivity contribution in [2.24, 2.45) is 5.73 Å². The number of nitrogens with zero attached hydrogens (tertiary/aromatic N) is 1. The third-order valence-electron chi connectivity index (χ3n) is 2.99. The van der Waals surface area contributed by atoms with Crippen LogP contribution in [0.4, 0.5) is 0 Å². The monoisotopic (exact) mass is 350 g/mol. The van der Waals surface area contributed by atoms with Crippen LogP contribution < -0.4 is 5.73 Å². The molecule has 0 bridgehead atoms. The predicted molar refractivity (Wildman–Crippen MR) is 80.8 cm³/mol. The summed E-state index contributed by atoms with van der Waals surface area (Å²) in [4.78, 5) is 36.9. The van der Waals surface area contributed by atoms with E-state index >= 15 is 0 Å². The molecule has 0 unspecified atom stereocenters. The largest absolute Gasteiger partial charge is 0.369 e. The Balaban J connectivity index is 0. The maximum Gasteiger partial charge on any atom is 0.369 e. The lowest BCUT2D eigenvalue weighted by atomic mass is 10.3. The first-order chi connectivity index (χ1) is 9.41. The zero-order valence-electron chi connectivity index (χ0n) is 12.7. The van der Waals surface area contributed by atoms with Gasteiger partial charge in [0.15, 0.2) is 0 Å². The molecule has 0 aliphatic rings. The van der Waals surface area contributed by atoms with Gasteiger partial charge >= 0.3 is 15.2 Å². The van der Waals surface area contributed by atoms with E-state index in [9.17, 15) is 14.2 Å². The van der Waals surface area contributed by atoms with Gasteiger partial charge in [0.2, 0.25) is 0 Å². The van der Waals surface area contributed by atoms with Crippen LogP contribution in [0.25, 0.3) is 0 Å². The van der Waals surface area contributed by atoms with E-state index in [2.05, 4.69) is 25.7 Å². The van der Waals surface area contributed by atoms with Gasteiger partial charge in [0.25, 0.3) is 5.08 Å². The minimum Gasteiger partial charge on any atom is -0.368 e. The summed E-state index contributed by atoms with van der Waals surface area (Å²) in [5.41, 5.74) is 5.01. The molecule has 9 nitrogen and oxygen atoms in total. The first-order valence-corrected chi connectivity index (χ1v) is 9.89. The van der Waals surface area contributed by atoms with Gasteiger partial charge < -0.3 is 35.3 Å². The van der Waals surface area contributed by atoms with E-state index < -0.39 is 26.7 Å². The fourth-order valence-corrected chi connectivity index (χ4v) is 3.73. The Kier molecular flexibility index (Phi) is 11.2. The van der Waals surface area contributed by atoms with Gasteiger partial charge in [0, 0.05) is 6.42 Å². The second kappa shape index (κ2) is 10.0. The Bertz CT molecular complexity index is 337. The van der Waals surface area contributed by atoms with E-state index in [0.717, 1.165) is 0 Å². The summed E-state index contributed by atoms with van der Waals surface area (Å²) >= 11 is 0. The van der Waals surface area contributed by atoms with Crippen molar-refractivity contribution < 1.29 is 33.8 Å². The van der Waals surface area contributed by atoms with Crippen molar-refractivity contribution in [1.29, 1.82) is 0 Å². The van der Waals surface area contributed by atoms with Gasteiger partial charge in [-0.2, -0.15) is 0 Å². The maximum atomic E-state index is 10.7. The van der Waals surface area contributed by atoms with Crippen molar-refractivity contribution in [3.8, 4) is 0 Å². The summed E-state index contributed by atoms with van der Waals surface area (Å²) in [5.74, 6) is 0. The minimum absolute atomic E-state index is 0.0394. The molecule has 21 heavy (non-hydrogen) atoms. The van der Waals surface area contributed by atoms with Crippen LogP contribution in [0.5, 0.6) is 0 Å². The normalized spacial score (nSPS) is 13.0. The molecule has 0 aliphatic heterocycles. The van der Waals surface area contributed by atoms with Crippen molar-refractivity contribution in [1.82, 2.24) is 4.90 Å². The van der Waals surface area contributed by atoms with E-state index in [1.165, 1.54) is 19.6 Å². The van der Waals surface area contributed by atoms with Crippen LogP contribution in [0.15, 0.2) is 0 Å². The molecule has 0 amide bonds. The lowest BCUT2D eigenvalue weighted by molar-refractivity contribution is 0.121. The molecule has 0 heterocycles. The number of rotatable bonds is 8. The molecule has 0 fully saturated rings. The first kappa shape index (κ1) is 23.4. The fourth-order valence-electron chi connectivity index (χ4n) is 1.47. The van der Waals surface area contributed by atoms with Crippen LogP contribution in [0.2, 0.25) is 0 Å². The Morgan fingerprint density at radius 2 is 1.29 bits per heavy atom. The predicted octanol–water partition coefficient (Wildman–Crippen LogP) is 0.0749. The highest BCUT2D eigenvalue weighted by molar-refractivity contribution is 7.72. The zero-order chi connectivity index (χ0) is 17.3. The van der Waals surface area contributed by atoms with Gasteiger partial charge in [-0.05, 0) is 32.6 Å². The molecule has 0 aromatic rings. The summed E-state index contributed by atoms with van der Waals surface area (Å²) in [6, 6.07) is 0.